The van der Waals surface area contributed by atoms with Crippen molar-refractivity contribution in [2.24, 2.45) is 0 Å². The highest BCUT2D eigenvalue weighted by molar-refractivity contribution is 7.99. The second-order valence-electron chi connectivity index (χ2n) is 5.35. The van der Waals surface area contributed by atoms with E-state index >= 15 is 0 Å². The van der Waals surface area contributed by atoms with Gasteiger partial charge in [-0.3, -0.25) is 0 Å². The van der Waals surface area contributed by atoms with Gasteiger partial charge in [0.15, 0.2) is 0 Å². The molecular formula is C17H19NO2S2. The minimum Gasteiger partial charge on any atom is -0.207 e. The van der Waals surface area contributed by atoms with Crippen molar-refractivity contribution in [1.82, 2.24) is 4.31 Å². The van der Waals surface area contributed by atoms with Gasteiger partial charge in [0.1, 0.15) is 0 Å². The van der Waals surface area contributed by atoms with Crippen LogP contribution in [-0.4, -0.2) is 31.1 Å². The normalized spacial score (nSPS) is 19.4. The highest BCUT2D eigenvalue weighted by Crippen LogP contribution is 2.30. The van der Waals surface area contributed by atoms with Crippen LogP contribution in [0.2, 0.25) is 0 Å². The maximum atomic E-state index is 12.8. The zero-order valence-electron chi connectivity index (χ0n) is 12.3. The van der Waals surface area contributed by atoms with Crippen molar-refractivity contribution in [2.75, 3.05) is 12.3 Å². The summed E-state index contributed by atoms with van der Waals surface area (Å²) in [4.78, 5) is 1.58. The van der Waals surface area contributed by atoms with E-state index in [-0.39, 0.29) is 6.04 Å². The van der Waals surface area contributed by atoms with Gasteiger partial charge in [0.05, 0.1) is 4.90 Å². The Morgan fingerprint density at radius 2 is 1.64 bits per heavy atom. The Hall–Kier alpha value is -1.30. The second-order valence-corrected chi connectivity index (χ2v) is 8.33. The van der Waals surface area contributed by atoms with Gasteiger partial charge in [-0.15, -0.1) is 11.8 Å². The molecule has 116 valence electrons. The van der Waals surface area contributed by atoms with Gasteiger partial charge in [0.25, 0.3) is 0 Å². The van der Waals surface area contributed by atoms with Gasteiger partial charge in [-0.25, -0.2) is 8.42 Å². The molecule has 1 unspecified atom stereocenters. The van der Waals surface area contributed by atoms with E-state index in [2.05, 4.69) is 12.1 Å². The lowest BCUT2D eigenvalue weighted by Crippen LogP contribution is -2.36. The average molecular weight is 333 g/mol. The van der Waals surface area contributed by atoms with E-state index in [4.69, 9.17) is 0 Å². The van der Waals surface area contributed by atoms with Gasteiger partial charge < -0.3 is 0 Å². The Morgan fingerprint density at radius 1 is 1.00 bits per heavy atom. The molecule has 1 aliphatic heterocycles. The lowest BCUT2D eigenvalue weighted by atomic mass is 10.3. The molecule has 1 atom stereocenters. The molecule has 0 bridgehead atoms. The van der Waals surface area contributed by atoms with Crippen molar-refractivity contribution < 1.29 is 8.42 Å². The van der Waals surface area contributed by atoms with E-state index in [1.165, 1.54) is 4.90 Å². The molecule has 2 aromatic rings. The molecule has 1 fully saturated rings. The topological polar surface area (TPSA) is 37.4 Å². The van der Waals surface area contributed by atoms with Crippen LogP contribution in [0.3, 0.4) is 0 Å². The Bertz CT molecular complexity index is 702. The number of nitrogens with zero attached hydrogens (tertiary/aromatic N) is 1. The van der Waals surface area contributed by atoms with E-state index in [0.29, 0.717) is 11.4 Å². The summed E-state index contributed by atoms with van der Waals surface area (Å²) in [7, 11) is -3.37. The summed E-state index contributed by atoms with van der Waals surface area (Å²) >= 11 is 1.73. The molecule has 1 heterocycles. The minimum absolute atomic E-state index is 0.0791. The van der Waals surface area contributed by atoms with Crippen LogP contribution in [0.5, 0.6) is 0 Å². The highest BCUT2D eigenvalue weighted by atomic mass is 32.2. The van der Waals surface area contributed by atoms with Crippen LogP contribution in [0.25, 0.3) is 0 Å². The van der Waals surface area contributed by atoms with Crippen LogP contribution in [0.4, 0.5) is 0 Å². The van der Waals surface area contributed by atoms with Crippen molar-refractivity contribution in [3.63, 3.8) is 0 Å². The number of sulfonamides is 1. The molecule has 22 heavy (non-hydrogen) atoms. The molecular weight excluding hydrogens is 314 g/mol. The lowest BCUT2D eigenvalue weighted by Gasteiger charge is -2.23. The molecule has 0 amide bonds. The highest BCUT2D eigenvalue weighted by Gasteiger charge is 2.34. The molecule has 1 saturated heterocycles. The average Bonchev–Trinajstić information content (AvgIpc) is 3.04. The van der Waals surface area contributed by atoms with Crippen LogP contribution >= 0.6 is 11.8 Å². The first-order valence-electron chi connectivity index (χ1n) is 7.43. The molecule has 3 nitrogen and oxygen atoms in total. The van der Waals surface area contributed by atoms with E-state index in [0.717, 1.165) is 18.6 Å². The van der Waals surface area contributed by atoms with Gasteiger partial charge in [0.2, 0.25) is 10.0 Å². The summed E-state index contributed by atoms with van der Waals surface area (Å²) in [6.45, 7) is 0.622. The molecule has 5 heteroatoms. The minimum atomic E-state index is -3.37. The molecule has 0 radical (unpaired) electrons. The van der Waals surface area contributed by atoms with Crippen molar-refractivity contribution in [1.29, 1.82) is 0 Å². The monoisotopic (exact) mass is 333 g/mol. The van der Waals surface area contributed by atoms with Crippen molar-refractivity contribution in [3.8, 4) is 0 Å². The first-order valence-corrected chi connectivity index (χ1v) is 9.85. The van der Waals surface area contributed by atoms with Gasteiger partial charge in [0, 0.05) is 23.2 Å². The molecule has 0 aliphatic carbocycles. The van der Waals surface area contributed by atoms with Crippen molar-refractivity contribution in [2.45, 2.75) is 28.7 Å². The number of benzene rings is 2. The summed E-state index contributed by atoms with van der Waals surface area (Å²) in [5, 5.41) is 0. The summed E-state index contributed by atoms with van der Waals surface area (Å²) in [6.07, 6.45) is 1.87. The standard InChI is InChI=1S/C17H19NO2S2/c19-22(20,17-11-5-2-6-12-17)18-13-7-8-15(18)14-21-16-9-3-1-4-10-16/h1-6,9-12,15H,7-8,13-14H2. The first kappa shape index (κ1) is 15.6. The third-order valence-corrected chi connectivity index (χ3v) is 6.98. The summed E-state index contributed by atoms with van der Waals surface area (Å²) in [5.74, 6) is 0.802. The number of hydrogen-bond acceptors (Lipinski definition) is 3. The maximum Gasteiger partial charge on any atom is 0.243 e. The number of rotatable bonds is 5. The van der Waals surface area contributed by atoms with Crippen LogP contribution in [0.15, 0.2) is 70.5 Å². The predicted octanol–water partition coefficient (Wildman–Crippen LogP) is 3.63. The molecule has 0 N–H and O–H groups in total. The predicted molar refractivity (Wildman–Crippen MR) is 90.5 cm³/mol. The van der Waals surface area contributed by atoms with Crippen LogP contribution in [0.1, 0.15) is 12.8 Å². The molecule has 2 aromatic carbocycles. The molecule has 0 saturated carbocycles. The van der Waals surface area contributed by atoms with Gasteiger partial charge in [-0.05, 0) is 37.1 Å². The third kappa shape index (κ3) is 3.37. The Kier molecular flexibility index (Phi) is 4.86. The van der Waals surface area contributed by atoms with Crippen LogP contribution < -0.4 is 0 Å². The lowest BCUT2D eigenvalue weighted by molar-refractivity contribution is 0.412. The van der Waals surface area contributed by atoms with Crippen molar-refractivity contribution >= 4 is 21.8 Å². The van der Waals surface area contributed by atoms with Crippen LogP contribution in [0, 0.1) is 0 Å². The first-order chi connectivity index (χ1) is 10.7. The van der Waals surface area contributed by atoms with E-state index < -0.39 is 10.0 Å². The summed E-state index contributed by atoms with van der Waals surface area (Å²) in [5.41, 5.74) is 0. The van der Waals surface area contributed by atoms with Gasteiger partial charge >= 0.3 is 0 Å². The molecule has 1 aliphatic rings. The zero-order chi connectivity index (χ0) is 15.4. The molecule has 0 aromatic heterocycles. The maximum absolute atomic E-state index is 12.8. The Labute approximate surface area is 136 Å². The van der Waals surface area contributed by atoms with E-state index in [1.807, 2.05) is 24.3 Å². The SMILES string of the molecule is O=S(=O)(c1ccccc1)N1CCCC1CSc1ccccc1. The summed E-state index contributed by atoms with van der Waals surface area (Å²) in [6, 6.07) is 19.0. The zero-order valence-corrected chi connectivity index (χ0v) is 13.9. The molecule has 3 rings (SSSR count). The fourth-order valence-corrected chi connectivity index (χ4v) is 5.62. The van der Waals surface area contributed by atoms with Crippen molar-refractivity contribution in [3.05, 3.63) is 60.7 Å². The number of thioether (sulfide) groups is 1. The Balaban J connectivity index is 1.73. The van der Waals surface area contributed by atoms with Crippen LogP contribution in [-0.2, 0) is 10.0 Å². The largest absolute Gasteiger partial charge is 0.243 e. The van der Waals surface area contributed by atoms with E-state index in [1.54, 1.807) is 40.3 Å². The number of hydrogen-bond donors (Lipinski definition) is 0. The van der Waals surface area contributed by atoms with E-state index in [9.17, 15) is 8.42 Å². The molecule has 0 spiro atoms. The summed E-state index contributed by atoms with van der Waals surface area (Å²) < 4.78 is 27.2. The van der Waals surface area contributed by atoms with Gasteiger partial charge in [-0.1, -0.05) is 36.4 Å². The third-order valence-electron chi connectivity index (χ3n) is 3.86. The smallest absolute Gasteiger partial charge is 0.207 e. The fraction of sp³-hybridized carbons (Fsp3) is 0.294. The quantitative estimate of drug-likeness (QED) is 0.784. The Morgan fingerprint density at radius 3 is 2.32 bits per heavy atom. The second kappa shape index (κ2) is 6.86. The fourth-order valence-electron chi connectivity index (χ4n) is 2.73. The van der Waals surface area contributed by atoms with Gasteiger partial charge in [-0.2, -0.15) is 4.31 Å².